The van der Waals surface area contributed by atoms with Crippen LogP contribution in [-0.4, -0.2) is 16.1 Å². The minimum Gasteiger partial charge on any atom is -0.455 e. The zero-order chi connectivity index (χ0) is 17.8. The van der Waals surface area contributed by atoms with Gasteiger partial charge in [0.15, 0.2) is 6.61 Å². The fourth-order valence-corrected chi connectivity index (χ4v) is 2.62. The Morgan fingerprint density at radius 3 is 2.60 bits per heavy atom. The molecule has 0 saturated carbocycles. The first-order valence-corrected chi connectivity index (χ1v) is 8.33. The second-order valence-electron chi connectivity index (χ2n) is 5.08. The summed E-state index contributed by atoms with van der Waals surface area (Å²) in [5.41, 5.74) is 1.34. The Kier molecular flexibility index (Phi) is 5.58. The van der Waals surface area contributed by atoms with Crippen LogP contribution in [-0.2, 0) is 22.6 Å². The number of ether oxygens (including phenoxy) is 1. The molecule has 0 amide bonds. The molecule has 0 saturated heterocycles. The van der Waals surface area contributed by atoms with Gasteiger partial charge in [-0.1, -0.05) is 58.2 Å². The summed E-state index contributed by atoms with van der Waals surface area (Å²) < 4.78 is 10.2. The number of carbonyl (C=O) groups excluding carboxylic acids is 1. The molecule has 5 nitrogen and oxygen atoms in total. The Balaban J connectivity index is 1.59. The molecule has 0 radical (unpaired) electrons. The van der Waals surface area contributed by atoms with E-state index in [0.29, 0.717) is 32.0 Å². The molecule has 0 bridgehead atoms. The lowest BCUT2D eigenvalue weighted by atomic mass is 10.1. The van der Waals surface area contributed by atoms with Crippen LogP contribution < -0.4 is 0 Å². The summed E-state index contributed by atoms with van der Waals surface area (Å²) in [5.74, 6) is 0.0643. The number of rotatable bonds is 5. The van der Waals surface area contributed by atoms with Crippen molar-refractivity contribution in [2.75, 3.05) is 0 Å². The minimum absolute atomic E-state index is 0.0579. The SMILES string of the molecule is O=C(Cc1ccc(Cl)c(Cl)c1)OCc1nc(-c2ccccc2Cl)no1. The number of benzene rings is 2. The van der Waals surface area contributed by atoms with Gasteiger partial charge in [-0.05, 0) is 29.8 Å². The largest absolute Gasteiger partial charge is 0.455 e. The summed E-state index contributed by atoms with van der Waals surface area (Å²) >= 11 is 17.8. The summed E-state index contributed by atoms with van der Waals surface area (Å²) in [6, 6.07) is 12.1. The van der Waals surface area contributed by atoms with E-state index in [0.717, 1.165) is 0 Å². The maximum atomic E-state index is 11.9. The molecule has 8 heteroatoms. The second-order valence-corrected chi connectivity index (χ2v) is 6.30. The van der Waals surface area contributed by atoms with Crippen molar-refractivity contribution >= 4 is 40.8 Å². The zero-order valence-corrected chi connectivity index (χ0v) is 15.0. The number of nitrogens with zero attached hydrogens (tertiary/aromatic N) is 2. The van der Waals surface area contributed by atoms with E-state index in [1.807, 2.05) is 6.07 Å². The van der Waals surface area contributed by atoms with Gasteiger partial charge in [-0.25, -0.2) is 0 Å². The topological polar surface area (TPSA) is 65.2 Å². The standard InChI is InChI=1S/C17H11Cl3N2O3/c18-12-4-2-1-3-11(12)17-21-15(25-22-17)9-24-16(23)8-10-5-6-13(19)14(20)7-10/h1-7H,8-9H2. The monoisotopic (exact) mass is 396 g/mol. The first-order valence-electron chi connectivity index (χ1n) is 7.20. The van der Waals surface area contributed by atoms with Gasteiger partial charge >= 0.3 is 5.97 Å². The summed E-state index contributed by atoms with van der Waals surface area (Å²) in [6.45, 7) is -0.127. The Labute approximate surface area is 158 Å². The summed E-state index contributed by atoms with van der Waals surface area (Å²) in [7, 11) is 0. The number of carbonyl (C=O) groups is 1. The molecular formula is C17H11Cl3N2O3. The van der Waals surface area contributed by atoms with Crippen LogP contribution in [0.4, 0.5) is 0 Å². The third kappa shape index (κ3) is 4.51. The van der Waals surface area contributed by atoms with Gasteiger partial charge in [0.05, 0.1) is 21.5 Å². The number of hydrogen-bond donors (Lipinski definition) is 0. The van der Waals surface area contributed by atoms with Gasteiger partial charge in [-0.2, -0.15) is 4.98 Å². The lowest BCUT2D eigenvalue weighted by molar-refractivity contribution is -0.144. The van der Waals surface area contributed by atoms with Crippen molar-refractivity contribution in [1.82, 2.24) is 10.1 Å². The fourth-order valence-electron chi connectivity index (χ4n) is 2.07. The highest BCUT2D eigenvalue weighted by Gasteiger charge is 2.13. The van der Waals surface area contributed by atoms with Crippen molar-refractivity contribution in [2.45, 2.75) is 13.0 Å². The average Bonchev–Trinajstić information content (AvgIpc) is 3.05. The van der Waals surface area contributed by atoms with E-state index in [-0.39, 0.29) is 18.9 Å². The minimum atomic E-state index is -0.448. The van der Waals surface area contributed by atoms with Gasteiger partial charge in [0.2, 0.25) is 5.82 Å². The maximum Gasteiger partial charge on any atom is 0.310 e. The molecular weight excluding hydrogens is 387 g/mol. The van der Waals surface area contributed by atoms with E-state index in [9.17, 15) is 4.79 Å². The smallest absolute Gasteiger partial charge is 0.310 e. The predicted octanol–water partition coefficient (Wildman–Crippen LogP) is 4.98. The quantitative estimate of drug-likeness (QED) is 0.568. The number of halogens is 3. The summed E-state index contributed by atoms with van der Waals surface area (Å²) in [6.07, 6.45) is 0.0579. The number of aromatic nitrogens is 2. The highest BCUT2D eigenvalue weighted by Crippen LogP contribution is 2.25. The Hall–Kier alpha value is -2.08. The van der Waals surface area contributed by atoms with Gasteiger partial charge < -0.3 is 9.26 Å². The Morgan fingerprint density at radius 1 is 1.04 bits per heavy atom. The molecule has 0 atom stereocenters. The van der Waals surface area contributed by atoms with Crippen molar-refractivity contribution in [3.05, 3.63) is 69.0 Å². The van der Waals surface area contributed by atoms with E-state index in [1.54, 1.807) is 36.4 Å². The summed E-state index contributed by atoms with van der Waals surface area (Å²) in [5, 5.41) is 5.15. The van der Waals surface area contributed by atoms with Gasteiger partial charge in [0.25, 0.3) is 5.89 Å². The van der Waals surface area contributed by atoms with Crippen LogP contribution in [0.2, 0.25) is 15.1 Å². The first kappa shape index (κ1) is 17.7. The maximum absolute atomic E-state index is 11.9. The molecule has 0 fully saturated rings. The molecule has 3 rings (SSSR count). The lowest BCUT2D eigenvalue weighted by Gasteiger charge is -2.03. The third-order valence-corrected chi connectivity index (χ3v) is 4.34. The normalized spacial score (nSPS) is 10.7. The van der Waals surface area contributed by atoms with Crippen LogP contribution in [0, 0.1) is 0 Å². The van der Waals surface area contributed by atoms with Crippen LogP contribution in [0.1, 0.15) is 11.5 Å². The fraction of sp³-hybridized carbons (Fsp3) is 0.118. The molecule has 0 spiro atoms. The van der Waals surface area contributed by atoms with Gasteiger partial charge in [0, 0.05) is 5.56 Å². The Morgan fingerprint density at radius 2 is 1.84 bits per heavy atom. The second kappa shape index (κ2) is 7.87. The molecule has 0 N–H and O–H groups in total. The van der Waals surface area contributed by atoms with Crippen molar-refractivity contribution < 1.29 is 14.1 Å². The van der Waals surface area contributed by atoms with Gasteiger partial charge in [-0.15, -0.1) is 0 Å². The zero-order valence-electron chi connectivity index (χ0n) is 12.7. The van der Waals surface area contributed by atoms with Crippen LogP contribution in [0.15, 0.2) is 47.0 Å². The van der Waals surface area contributed by atoms with Crippen LogP contribution in [0.5, 0.6) is 0 Å². The van der Waals surface area contributed by atoms with Crippen LogP contribution in [0.3, 0.4) is 0 Å². The van der Waals surface area contributed by atoms with E-state index in [2.05, 4.69) is 10.1 Å². The van der Waals surface area contributed by atoms with Crippen LogP contribution >= 0.6 is 34.8 Å². The van der Waals surface area contributed by atoms with Gasteiger partial charge in [-0.3, -0.25) is 4.79 Å². The lowest BCUT2D eigenvalue weighted by Crippen LogP contribution is -2.08. The van der Waals surface area contributed by atoms with Crippen molar-refractivity contribution in [2.24, 2.45) is 0 Å². The highest BCUT2D eigenvalue weighted by molar-refractivity contribution is 6.42. The molecule has 0 aliphatic carbocycles. The Bertz CT molecular complexity index is 912. The molecule has 25 heavy (non-hydrogen) atoms. The molecule has 0 unspecified atom stereocenters. The molecule has 1 heterocycles. The predicted molar refractivity (Wildman–Crippen MR) is 94.7 cm³/mol. The molecule has 0 aliphatic heterocycles. The van der Waals surface area contributed by atoms with Crippen molar-refractivity contribution in [3.8, 4) is 11.4 Å². The van der Waals surface area contributed by atoms with Gasteiger partial charge in [0.1, 0.15) is 0 Å². The van der Waals surface area contributed by atoms with Crippen molar-refractivity contribution in [1.29, 1.82) is 0 Å². The molecule has 0 aliphatic rings. The number of hydrogen-bond acceptors (Lipinski definition) is 5. The summed E-state index contributed by atoms with van der Waals surface area (Å²) in [4.78, 5) is 16.1. The van der Waals surface area contributed by atoms with Crippen molar-refractivity contribution in [3.63, 3.8) is 0 Å². The molecule has 1 aromatic heterocycles. The van der Waals surface area contributed by atoms with Crippen LogP contribution in [0.25, 0.3) is 11.4 Å². The molecule has 2 aromatic carbocycles. The van der Waals surface area contributed by atoms with E-state index < -0.39 is 5.97 Å². The van der Waals surface area contributed by atoms with E-state index in [1.165, 1.54) is 0 Å². The first-order chi connectivity index (χ1) is 12.0. The van der Waals surface area contributed by atoms with E-state index in [4.69, 9.17) is 44.1 Å². The average molecular weight is 398 g/mol. The molecule has 128 valence electrons. The van der Waals surface area contributed by atoms with E-state index >= 15 is 0 Å². The molecule has 3 aromatic rings. The third-order valence-electron chi connectivity index (χ3n) is 3.27. The highest BCUT2D eigenvalue weighted by atomic mass is 35.5. The number of esters is 1.